The van der Waals surface area contributed by atoms with Gasteiger partial charge in [-0.3, -0.25) is 4.79 Å². The van der Waals surface area contributed by atoms with Crippen LogP contribution in [0, 0.1) is 5.82 Å². The van der Waals surface area contributed by atoms with E-state index in [-0.39, 0.29) is 10.6 Å². The highest BCUT2D eigenvalue weighted by Gasteiger charge is 2.31. The fourth-order valence-corrected chi connectivity index (χ4v) is 4.38. The third-order valence-electron chi connectivity index (χ3n) is 4.79. The smallest absolute Gasteiger partial charge is 0.274 e. The number of carbonyl (C=O) groups excluding carboxylic acids is 1. The molecule has 1 amide bonds. The predicted molar refractivity (Wildman–Crippen MR) is 112 cm³/mol. The molecule has 4 aromatic rings. The first-order chi connectivity index (χ1) is 15.5. The van der Waals surface area contributed by atoms with Crippen LogP contribution in [-0.2, 0) is 21.0 Å². The van der Waals surface area contributed by atoms with Crippen LogP contribution in [0.15, 0.2) is 71.8 Å². The van der Waals surface area contributed by atoms with Crippen LogP contribution >= 0.6 is 0 Å². The van der Waals surface area contributed by atoms with E-state index in [0.717, 1.165) is 23.7 Å². The molecule has 2 aromatic heterocycles. The van der Waals surface area contributed by atoms with Crippen LogP contribution < -0.4 is 4.72 Å². The molecule has 0 saturated heterocycles. The molecule has 0 saturated carbocycles. The molecule has 0 aliphatic rings. The van der Waals surface area contributed by atoms with Gasteiger partial charge in [-0.25, -0.2) is 22.0 Å². The average molecular weight is 477 g/mol. The van der Waals surface area contributed by atoms with E-state index in [0.29, 0.717) is 22.2 Å². The number of fused-ring (bicyclic) bond motifs is 1. The molecule has 0 spiro atoms. The number of hydrogen-bond donors (Lipinski definition) is 1. The molecule has 4 rings (SSSR count). The molecule has 6 nitrogen and oxygen atoms in total. The summed E-state index contributed by atoms with van der Waals surface area (Å²) in [5, 5.41) is 4.26. The van der Waals surface area contributed by atoms with Gasteiger partial charge >= 0.3 is 6.18 Å². The van der Waals surface area contributed by atoms with Crippen LogP contribution in [0.4, 0.5) is 17.6 Å². The summed E-state index contributed by atoms with van der Waals surface area (Å²) in [7, 11) is -4.07. The van der Waals surface area contributed by atoms with Gasteiger partial charge in [0, 0.05) is 24.2 Å². The predicted octanol–water partition coefficient (Wildman–Crippen LogP) is 4.65. The van der Waals surface area contributed by atoms with Gasteiger partial charge in [-0.05, 0) is 42.0 Å². The number of carbonyl (C=O) groups is 1. The number of aromatic nitrogens is 2. The first-order valence-electron chi connectivity index (χ1n) is 9.45. The Kier molecular flexibility index (Phi) is 5.44. The van der Waals surface area contributed by atoms with Crippen molar-refractivity contribution < 1.29 is 30.8 Å². The van der Waals surface area contributed by atoms with Crippen LogP contribution in [-0.4, -0.2) is 23.9 Å². The lowest BCUT2D eigenvalue weighted by Crippen LogP contribution is -2.28. The largest absolute Gasteiger partial charge is 0.417 e. The second-order valence-electron chi connectivity index (χ2n) is 7.17. The Balaban J connectivity index is 1.92. The standard InChI is InChI=1S/C22H15F4N3O3S/c1-13(30)28-33(31,32)18-8-5-14(6-9-18)20-19-10-7-16(22(24,25)26)12-29(19)27-21(20)15-3-2-4-17(23)11-15/h2-12H,1H3,(H,28,30). The zero-order chi connectivity index (χ0) is 24.0. The van der Waals surface area contributed by atoms with Crippen molar-refractivity contribution in [3.05, 3.63) is 78.2 Å². The third-order valence-corrected chi connectivity index (χ3v) is 6.24. The Morgan fingerprint density at radius 1 is 1.00 bits per heavy atom. The number of pyridine rings is 1. The highest BCUT2D eigenvalue weighted by Crippen LogP contribution is 2.37. The fourth-order valence-electron chi connectivity index (χ4n) is 3.39. The van der Waals surface area contributed by atoms with Crippen LogP contribution in [0.3, 0.4) is 0 Å². The Morgan fingerprint density at radius 3 is 2.30 bits per heavy atom. The minimum absolute atomic E-state index is 0.176. The SMILES string of the molecule is CC(=O)NS(=O)(=O)c1ccc(-c2c(-c3cccc(F)c3)nn3cc(C(F)(F)F)ccc23)cc1. The number of halogens is 4. The van der Waals surface area contributed by atoms with E-state index in [1.165, 1.54) is 48.5 Å². The van der Waals surface area contributed by atoms with Crippen molar-refractivity contribution in [2.24, 2.45) is 0 Å². The average Bonchev–Trinajstić information content (AvgIpc) is 3.11. The van der Waals surface area contributed by atoms with Crippen molar-refractivity contribution in [2.45, 2.75) is 18.0 Å². The molecular weight excluding hydrogens is 462 g/mol. The normalized spacial score (nSPS) is 12.2. The van der Waals surface area contributed by atoms with E-state index in [1.807, 2.05) is 4.72 Å². The van der Waals surface area contributed by atoms with Crippen LogP contribution in [0.25, 0.3) is 27.9 Å². The number of sulfonamides is 1. The summed E-state index contributed by atoms with van der Waals surface area (Å²) >= 11 is 0. The Labute approximate surface area is 185 Å². The molecule has 33 heavy (non-hydrogen) atoms. The van der Waals surface area contributed by atoms with E-state index < -0.39 is 33.5 Å². The second-order valence-corrected chi connectivity index (χ2v) is 8.85. The minimum Gasteiger partial charge on any atom is -0.274 e. The molecule has 11 heteroatoms. The van der Waals surface area contributed by atoms with Gasteiger partial charge in [-0.1, -0.05) is 24.3 Å². The number of benzene rings is 2. The quantitative estimate of drug-likeness (QED) is 0.434. The van der Waals surface area contributed by atoms with Crippen molar-refractivity contribution in [1.29, 1.82) is 0 Å². The van der Waals surface area contributed by atoms with Crippen LogP contribution in [0.2, 0.25) is 0 Å². The molecule has 2 heterocycles. The summed E-state index contributed by atoms with van der Waals surface area (Å²) in [5.41, 5.74) is 0.762. The van der Waals surface area contributed by atoms with Crippen LogP contribution in [0.1, 0.15) is 12.5 Å². The highest BCUT2D eigenvalue weighted by molar-refractivity contribution is 7.90. The number of hydrogen-bond acceptors (Lipinski definition) is 4. The molecule has 0 unspecified atom stereocenters. The second kappa shape index (κ2) is 8.00. The van der Waals surface area contributed by atoms with Crippen molar-refractivity contribution in [2.75, 3.05) is 0 Å². The van der Waals surface area contributed by atoms with Crippen molar-refractivity contribution in [3.63, 3.8) is 0 Å². The summed E-state index contributed by atoms with van der Waals surface area (Å²) in [6.07, 6.45) is -3.75. The van der Waals surface area contributed by atoms with Crippen molar-refractivity contribution in [3.8, 4) is 22.4 Å². The lowest BCUT2D eigenvalue weighted by atomic mass is 9.99. The maximum Gasteiger partial charge on any atom is 0.417 e. The summed E-state index contributed by atoms with van der Waals surface area (Å²) in [6.45, 7) is 1.06. The molecule has 0 aliphatic carbocycles. The molecule has 0 atom stereocenters. The van der Waals surface area contributed by atoms with Gasteiger partial charge in [0.2, 0.25) is 5.91 Å². The van der Waals surface area contributed by atoms with Gasteiger partial charge in [0.1, 0.15) is 11.5 Å². The number of nitrogens with zero attached hydrogens (tertiary/aromatic N) is 2. The number of nitrogens with one attached hydrogen (secondary N) is 1. The molecule has 2 aromatic carbocycles. The van der Waals surface area contributed by atoms with E-state index in [4.69, 9.17) is 0 Å². The summed E-state index contributed by atoms with van der Waals surface area (Å²) in [6, 6.07) is 13.0. The molecule has 0 aliphatic heterocycles. The van der Waals surface area contributed by atoms with Gasteiger partial charge in [0.25, 0.3) is 10.0 Å². The molecule has 0 fully saturated rings. The van der Waals surface area contributed by atoms with E-state index in [1.54, 1.807) is 6.07 Å². The van der Waals surface area contributed by atoms with Gasteiger partial charge in [0.15, 0.2) is 0 Å². The van der Waals surface area contributed by atoms with E-state index in [9.17, 15) is 30.8 Å². The van der Waals surface area contributed by atoms with Crippen LogP contribution in [0.5, 0.6) is 0 Å². The maximum atomic E-state index is 13.9. The lowest BCUT2D eigenvalue weighted by molar-refractivity contribution is -0.137. The number of alkyl halides is 3. The lowest BCUT2D eigenvalue weighted by Gasteiger charge is -2.08. The first-order valence-corrected chi connectivity index (χ1v) is 10.9. The minimum atomic E-state index is -4.58. The van der Waals surface area contributed by atoms with Gasteiger partial charge in [-0.15, -0.1) is 0 Å². The topological polar surface area (TPSA) is 80.5 Å². The fraction of sp³-hybridized carbons (Fsp3) is 0.0909. The highest BCUT2D eigenvalue weighted by atomic mass is 32.2. The number of rotatable bonds is 4. The number of amides is 1. The van der Waals surface area contributed by atoms with E-state index in [2.05, 4.69) is 5.10 Å². The Hall–Kier alpha value is -3.73. The van der Waals surface area contributed by atoms with Crippen molar-refractivity contribution in [1.82, 2.24) is 14.3 Å². The Morgan fingerprint density at radius 2 is 1.70 bits per heavy atom. The molecular formula is C22H15F4N3O3S. The summed E-state index contributed by atoms with van der Waals surface area (Å²) in [5.74, 6) is -1.31. The maximum absolute atomic E-state index is 13.9. The molecule has 170 valence electrons. The van der Waals surface area contributed by atoms with Gasteiger partial charge < -0.3 is 0 Å². The monoisotopic (exact) mass is 477 g/mol. The Bertz CT molecular complexity index is 1480. The third kappa shape index (κ3) is 4.44. The summed E-state index contributed by atoms with van der Waals surface area (Å²) < 4.78 is 80.8. The first kappa shape index (κ1) is 22.5. The van der Waals surface area contributed by atoms with Gasteiger partial charge in [-0.2, -0.15) is 18.3 Å². The molecule has 0 bridgehead atoms. The zero-order valence-corrected chi connectivity index (χ0v) is 17.7. The summed E-state index contributed by atoms with van der Waals surface area (Å²) in [4.78, 5) is 11.0. The van der Waals surface area contributed by atoms with E-state index >= 15 is 0 Å². The molecule has 0 radical (unpaired) electrons. The molecule has 1 N–H and O–H groups in total. The zero-order valence-electron chi connectivity index (χ0n) is 16.9. The van der Waals surface area contributed by atoms with Gasteiger partial charge in [0.05, 0.1) is 16.0 Å². The van der Waals surface area contributed by atoms with Crippen molar-refractivity contribution >= 4 is 21.4 Å².